The minimum absolute atomic E-state index is 0. The van der Waals surface area contributed by atoms with Crippen LogP contribution in [0.5, 0.6) is 0 Å². The summed E-state index contributed by atoms with van der Waals surface area (Å²) in [5, 5.41) is 7.67. The molecule has 4 heteroatoms. The van der Waals surface area contributed by atoms with Gasteiger partial charge in [-0.15, -0.1) is 0 Å². The van der Waals surface area contributed by atoms with E-state index in [0.29, 0.717) is 0 Å². The Labute approximate surface area is 59.5 Å². The fourth-order valence-corrected chi connectivity index (χ4v) is 0.0808. The first kappa shape index (κ1) is 10.3. The molecule has 0 unspecified atom stereocenters. The second kappa shape index (κ2) is 6.27. The molecule has 7 heavy (non-hydrogen) atoms. The van der Waals surface area contributed by atoms with Crippen LogP contribution in [0.4, 0.5) is 4.39 Å². The Bertz CT molecular complexity index is 56.9. The molecule has 0 aromatic carbocycles. The molecule has 0 bridgehead atoms. The average molecular weight is 207 g/mol. The SMILES string of the molecule is O=C(O)CCF.[In]. The summed E-state index contributed by atoms with van der Waals surface area (Å²) in [5.74, 6) is -1.09. The zero-order valence-corrected chi connectivity index (χ0v) is 7.02. The van der Waals surface area contributed by atoms with E-state index in [9.17, 15) is 9.18 Å². The third-order valence-electron chi connectivity index (χ3n) is 0.308. The predicted molar refractivity (Wildman–Crippen MR) is 24.0 cm³/mol. The Morgan fingerprint density at radius 2 is 2.14 bits per heavy atom. The molecule has 0 aromatic heterocycles. The van der Waals surface area contributed by atoms with E-state index in [1.165, 1.54) is 0 Å². The predicted octanol–water partition coefficient (Wildman–Crippen LogP) is 0.0498. The molecule has 0 spiro atoms. The molecule has 0 fully saturated rings. The maximum atomic E-state index is 10.9. The third-order valence-corrected chi connectivity index (χ3v) is 0.308. The van der Waals surface area contributed by atoms with Crippen molar-refractivity contribution < 1.29 is 14.3 Å². The first-order valence-corrected chi connectivity index (χ1v) is 1.55. The summed E-state index contributed by atoms with van der Waals surface area (Å²) in [7, 11) is 0. The molecule has 0 aliphatic heterocycles. The number of carboxylic acid groups (broad SMARTS) is 1. The van der Waals surface area contributed by atoms with Crippen LogP contribution >= 0.6 is 0 Å². The van der Waals surface area contributed by atoms with Crippen LogP contribution < -0.4 is 0 Å². The van der Waals surface area contributed by atoms with Crippen LogP contribution in [0.25, 0.3) is 0 Å². The molecule has 0 saturated heterocycles. The quantitative estimate of drug-likeness (QED) is 0.694. The van der Waals surface area contributed by atoms with Gasteiger partial charge in [0.05, 0.1) is 13.1 Å². The summed E-state index contributed by atoms with van der Waals surface area (Å²) < 4.78 is 10.9. The van der Waals surface area contributed by atoms with Crippen LogP contribution in [0, 0.1) is 0 Å². The van der Waals surface area contributed by atoms with Gasteiger partial charge < -0.3 is 5.11 Å². The Morgan fingerprint density at radius 3 is 2.14 bits per heavy atom. The summed E-state index contributed by atoms with van der Waals surface area (Å²) in [5.41, 5.74) is 0. The van der Waals surface area contributed by atoms with Gasteiger partial charge in [0.15, 0.2) is 0 Å². The molecule has 0 rings (SSSR count). The van der Waals surface area contributed by atoms with E-state index in [2.05, 4.69) is 0 Å². The maximum absolute atomic E-state index is 10.9. The van der Waals surface area contributed by atoms with E-state index in [0.717, 1.165) is 0 Å². The summed E-state index contributed by atoms with van der Waals surface area (Å²) in [6.45, 7) is -0.769. The molecule has 0 amide bonds. The summed E-state index contributed by atoms with van der Waals surface area (Å²) in [4.78, 5) is 9.36. The van der Waals surface area contributed by atoms with E-state index in [1.54, 1.807) is 0 Å². The van der Waals surface area contributed by atoms with Gasteiger partial charge in [0.2, 0.25) is 0 Å². The fraction of sp³-hybridized carbons (Fsp3) is 0.667. The Balaban J connectivity index is 0. The van der Waals surface area contributed by atoms with Crippen molar-refractivity contribution in [2.75, 3.05) is 6.67 Å². The minimum Gasteiger partial charge on any atom is -0.481 e. The van der Waals surface area contributed by atoms with Crippen LogP contribution in [0.15, 0.2) is 0 Å². The number of halogens is 1. The second-order valence-corrected chi connectivity index (χ2v) is 0.833. The minimum atomic E-state index is -1.09. The van der Waals surface area contributed by atoms with Crippen molar-refractivity contribution in [1.82, 2.24) is 0 Å². The van der Waals surface area contributed by atoms with Crippen molar-refractivity contribution in [3.05, 3.63) is 0 Å². The van der Waals surface area contributed by atoms with Crippen molar-refractivity contribution in [3.63, 3.8) is 0 Å². The normalized spacial score (nSPS) is 7.00. The molecule has 2 nitrogen and oxygen atoms in total. The largest absolute Gasteiger partial charge is 0.481 e. The number of aliphatic carboxylic acids is 1. The molecule has 0 saturated carbocycles. The first-order valence-electron chi connectivity index (χ1n) is 1.55. The van der Waals surface area contributed by atoms with Crippen LogP contribution in [-0.4, -0.2) is 43.6 Å². The molecule has 0 aliphatic carbocycles. The van der Waals surface area contributed by atoms with Gasteiger partial charge in [-0.1, -0.05) is 0 Å². The number of alkyl halides is 1. The van der Waals surface area contributed by atoms with E-state index in [-0.39, 0.29) is 32.3 Å². The zero-order valence-electron chi connectivity index (χ0n) is 3.72. The molecular formula is C3H5FInO2. The molecule has 0 aromatic rings. The Kier molecular flexibility index (Phi) is 9.22. The van der Waals surface area contributed by atoms with Crippen LogP contribution in [0.1, 0.15) is 6.42 Å². The van der Waals surface area contributed by atoms with Crippen LogP contribution in [-0.2, 0) is 4.79 Å². The van der Waals surface area contributed by atoms with Gasteiger partial charge in [0.25, 0.3) is 0 Å². The summed E-state index contributed by atoms with van der Waals surface area (Å²) in [6, 6.07) is 0. The number of carboxylic acids is 1. The third kappa shape index (κ3) is 10.7. The Hall–Kier alpha value is 0.270. The summed E-state index contributed by atoms with van der Waals surface area (Å²) in [6.07, 6.45) is -0.375. The van der Waals surface area contributed by atoms with Crippen molar-refractivity contribution >= 4 is 31.8 Å². The van der Waals surface area contributed by atoms with Crippen molar-refractivity contribution in [3.8, 4) is 0 Å². The first-order chi connectivity index (χ1) is 2.77. The van der Waals surface area contributed by atoms with Gasteiger partial charge in [-0.25, -0.2) is 0 Å². The molecule has 3 radical (unpaired) electrons. The van der Waals surface area contributed by atoms with E-state index in [4.69, 9.17) is 5.11 Å². The van der Waals surface area contributed by atoms with Gasteiger partial charge in [-0.3, -0.25) is 9.18 Å². The Morgan fingerprint density at radius 1 is 1.71 bits per heavy atom. The van der Waals surface area contributed by atoms with E-state index in [1.807, 2.05) is 0 Å². The molecule has 1 N–H and O–H groups in total. The number of hydrogen-bond donors (Lipinski definition) is 1. The number of carbonyl (C=O) groups is 1. The van der Waals surface area contributed by atoms with Crippen molar-refractivity contribution in [2.45, 2.75) is 6.42 Å². The zero-order chi connectivity index (χ0) is 4.99. The monoisotopic (exact) mass is 207 g/mol. The molecule has 0 heterocycles. The second-order valence-electron chi connectivity index (χ2n) is 0.833. The molecular weight excluding hydrogens is 202 g/mol. The van der Waals surface area contributed by atoms with Crippen molar-refractivity contribution in [2.24, 2.45) is 0 Å². The standard InChI is InChI=1S/C3H5FO2.In/c4-2-1-3(5)6;/h1-2H2,(H,5,6);. The van der Waals surface area contributed by atoms with E-state index >= 15 is 0 Å². The number of rotatable bonds is 2. The fourth-order valence-electron chi connectivity index (χ4n) is 0.0808. The van der Waals surface area contributed by atoms with E-state index < -0.39 is 12.6 Å². The maximum Gasteiger partial charge on any atom is 0.305 e. The van der Waals surface area contributed by atoms with Crippen molar-refractivity contribution in [1.29, 1.82) is 0 Å². The number of hydrogen-bond acceptors (Lipinski definition) is 1. The van der Waals surface area contributed by atoms with Crippen LogP contribution in [0.3, 0.4) is 0 Å². The molecule has 0 aliphatic rings. The summed E-state index contributed by atoms with van der Waals surface area (Å²) >= 11 is 0. The van der Waals surface area contributed by atoms with Gasteiger partial charge in [0.1, 0.15) is 0 Å². The van der Waals surface area contributed by atoms with Gasteiger partial charge >= 0.3 is 5.97 Å². The van der Waals surface area contributed by atoms with Gasteiger partial charge in [0, 0.05) is 25.8 Å². The topological polar surface area (TPSA) is 37.3 Å². The average Bonchev–Trinajstić information content (AvgIpc) is 1.35. The van der Waals surface area contributed by atoms with Crippen LogP contribution in [0.2, 0.25) is 0 Å². The van der Waals surface area contributed by atoms with Gasteiger partial charge in [-0.05, 0) is 0 Å². The smallest absolute Gasteiger partial charge is 0.305 e. The molecule has 0 atom stereocenters. The molecule has 39 valence electrons. The van der Waals surface area contributed by atoms with Gasteiger partial charge in [-0.2, -0.15) is 0 Å².